The molecule has 0 bridgehead atoms. The number of carbonyl (C=O) groups excluding carboxylic acids is 1. The number of fused-ring (bicyclic) bond motifs is 3. The van der Waals surface area contributed by atoms with E-state index in [2.05, 4.69) is 23.2 Å². The molecule has 3 N–H and O–H groups in total. The Hall–Kier alpha value is -2.57. The molecule has 0 fully saturated rings. The summed E-state index contributed by atoms with van der Waals surface area (Å²) in [5.74, 6) is 0.363. The number of aromatic nitrogens is 1. The van der Waals surface area contributed by atoms with Gasteiger partial charge < -0.3 is 14.5 Å². The van der Waals surface area contributed by atoms with Crippen molar-refractivity contribution in [3.8, 4) is 5.75 Å². The fourth-order valence-corrected chi connectivity index (χ4v) is 2.82. The number of nitrogens with one attached hydrogen (secondary N) is 2. The molecule has 1 atom stereocenters. The van der Waals surface area contributed by atoms with Crippen molar-refractivity contribution in [3.63, 3.8) is 0 Å². The van der Waals surface area contributed by atoms with Gasteiger partial charge in [-0.25, -0.2) is 5.48 Å². The number of para-hydroxylation sites is 1. The highest BCUT2D eigenvalue weighted by atomic mass is 16.5. The van der Waals surface area contributed by atoms with Gasteiger partial charge in [0.2, 0.25) is 5.91 Å². The van der Waals surface area contributed by atoms with Crippen molar-refractivity contribution >= 4 is 27.7 Å². The lowest BCUT2D eigenvalue weighted by Gasteiger charge is -2.12. The molecule has 3 rings (SSSR count). The molecular formula is C19H22N2O4. The topological polar surface area (TPSA) is 83.6 Å². The molecule has 132 valence electrons. The maximum atomic E-state index is 11.0. The first kappa shape index (κ1) is 17.3. The largest absolute Gasteiger partial charge is 0.493 e. The molecule has 6 nitrogen and oxygen atoms in total. The second-order valence-corrected chi connectivity index (χ2v) is 6.00. The highest BCUT2D eigenvalue weighted by Gasteiger charge is 2.08. The summed E-state index contributed by atoms with van der Waals surface area (Å²) in [6.45, 7) is 2.82. The monoisotopic (exact) mass is 342 g/mol. The zero-order valence-corrected chi connectivity index (χ0v) is 14.1. The number of rotatable bonds is 8. The van der Waals surface area contributed by atoms with Gasteiger partial charge in [-0.05, 0) is 25.1 Å². The molecule has 0 saturated heterocycles. The Balaban J connectivity index is 1.49. The highest BCUT2D eigenvalue weighted by molar-refractivity contribution is 6.07. The molecule has 25 heavy (non-hydrogen) atoms. The molecule has 0 spiro atoms. The number of amides is 1. The van der Waals surface area contributed by atoms with Crippen LogP contribution in [0.25, 0.3) is 21.8 Å². The summed E-state index contributed by atoms with van der Waals surface area (Å²) in [6.07, 6.45) is 0.611. The first-order valence-corrected chi connectivity index (χ1v) is 8.35. The summed E-state index contributed by atoms with van der Waals surface area (Å²) >= 11 is 0. The third kappa shape index (κ3) is 4.29. The number of carbonyl (C=O) groups is 1. The molecule has 1 heterocycles. The fraction of sp³-hybridized carbons (Fsp3) is 0.316. The molecule has 1 aromatic heterocycles. The van der Waals surface area contributed by atoms with E-state index >= 15 is 0 Å². The fourth-order valence-electron chi connectivity index (χ4n) is 2.82. The van der Waals surface area contributed by atoms with Crippen molar-refractivity contribution in [2.75, 3.05) is 13.2 Å². The number of hydrogen-bond acceptors (Lipinski definition) is 4. The number of ether oxygens (including phenoxy) is 2. The Kier molecular flexibility index (Phi) is 5.53. The van der Waals surface area contributed by atoms with Crippen molar-refractivity contribution < 1.29 is 19.5 Å². The molecule has 1 amide bonds. The predicted octanol–water partition coefficient (Wildman–Crippen LogP) is 3.39. The van der Waals surface area contributed by atoms with Crippen LogP contribution in [0.1, 0.15) is 19.8 Å². The van der Waals surface area contributed by atoms with Crippen LogP contribution in [0.15, 0.2) is 42.5 Å². The molecular weight excluding hydrogens is 320 g/mol. The van der Waals surface area contributed by atoms with Crippen LogP contribution in [0.4, 0.5) is 0 Å². The van der Waals surface area contributed by atoms with Gasteiger partial charge in [0.15, 0.2) is 0 Å². The SMILES string of the molecule is CC(CC(=O)NO)OCCCOc1ccc2c(c1)[nH]c1ccccc12. The molecule has 0 aliphatic carbocycles. The molecule has 0 saturated carbocycles. The van der Waals surface area contributed by atoms with Gasteiger partial charge in [0.1, 0.15) is 5.75 Å². The minimum Gasteiger partial charge on any atom is -0.493 e. The Morgan fingerprint density at radius 3 is 2.80 bits per heavy atom. The van der Waals surface area contributed by atoms with Crippen molar-refractivity contribution in [1.29, 1.82) is 0 Å². The third-order valence-electron chi connectivity index (χ3n) is 4.03. The van der Waals surface area contributed by atoms with Crippen molar-refractivity contribution in [3.05, 3.63) is 42.5 Å². The average molecular weight is 342 g/mol. The van der Waals surface area contributed by atoms with Crippen LogP contribution in [0.2, 0.25) is 0 Å². The lowest BCUT2D eigenvalue weighted by Crippen LogP contribution is -2.24. The van der Waals surface area contributed by atoms with Gasteiger partial charge in [0, 0.05) is 28.8 Å². The summed E-state index contributed by atoms with van der Waals surface area (Å²) < 4.78 is 11.3. The zero-order valence-electron chi connectivity index (χ0n) is 14.1. The van der Waals surface area contributed by atoms with Crippen LogP contribution in [0.5, 0.6) is 5.75 Å². The Labute approximate surface area is 145 Å². The minimum atomic E-state index is -0.449. The zero-order chi connectivity index (χ0) is 17.6. The number of hydroxylamine groups is 1. The van der Waals surface area contributed by atoms with Crippen molar-refractivity contribution in [2.24, 2.45) is 0 Å². The number of hydrogen-bond donors (Lipinski definition) is 3. The molecule has 2 aromatic carbocycles. The predicted molar refractivity (Wildman–Crippen MR) is 95.9 cm³/mol. The van der Waals surface area contributed by atoms with E-state index in [1.807, 2.05) is 24.3 Å². The summed E-state index contributed by atoms with van der Waals surface area (Å²) in [4.78, 5) is 14.4. The number of H-pyrrole nitrogens is 1. The van der Waals surface area contributed by atoms with Gasteiger partial charge in [0.05, 0.1) is 31.3 Å². The lowest BCUT2D eigenvalue weighted by molar-refractivity contribution is -0.131. The van der Waals surface area contributed by atoms with E-state index in [4.69, 9.17) is 14.7 Å². The molecule has 0 radical (unpaired) electrons. The maximum absolute atomic E-state index is 11.0. The Bertz CT molecular complexity index is 859. The van der Waals surface area contributed by atoms with E-state index in [-0.39, 0.29) is 12.5 Å². The van der Waals surface area contributed by atoms with Gasteiger partial charge >= 0.3 is 0 Å². The number of benzene rings is 2. The third-order valence-corrected chi connectivity index (χ3v) is 4.03. The van der Waals surface area contributed by atoms with Crippen molar-refractivity contribution in [1.82, 2.24) is 10.5 Å². The van der Waals surface area contributed by atoms with E-state index in [0.717, 1.165) is 23.2 Å². The van der Waals surface area contributed by atoms with Crippen LogP contribution >= 0.6 is 0 Å². The number of aromatic amines is 1. The van der Waals surface area contributed by atoms with Crippen LogP contribution in [-0.2, 0) is 9.53 Å². The van der Waals surface area contributed by atoms with Crippen LogP contribution in [-0.4, -0.2) is 35.4 Å². The first-order valence-electron chi connectivity index (χ1n) is 8.35. The van der Waals surface area contributed by atoms with E-state index in [0.29, 0.717) is 13.2 Å². The second kappa shape index (κ2) is 8.00. The van der Waals surface area contributed by atoms with Crippen molar-refractivity contribution in [2.45, 2.75) is 25.9 Å². The van der Waals surface area contributed by atoms with E-state index < -0.39 is 5.91 Å². The van der Waals surface area contributed by atoms with Crippen LogP contribution in [0, 0.1) is 0 Å². The highest BCUT2D eigenvalue weighted by Crippen LogP contribution is 2.28. The molecule has 0 aliphatic rings. The minimum absolute atomic E-state index is 0.133. The van der Waals surface area contributed by atoms with E-state index in [1.54, 1.807) is 12.4 Å². The Morgan fingerprint density at radius 2 is 1.96 bits per heavy atom. The first-order chi connectivity index (χ1) is 12.2. The molecule has 0 aliphatic heterocycles. The molecule has 1 unspecified atom stereocenters. The standard InChI is InChI=1S/C19H22N2O4/c1-13(11-19(22)21-23)24-9-4-10-25-14-7-8-16-15-5-2-3-6-17(15)20-18(16)12-14/h2-3,5-8,12-13,20,23H,4,9-11H2,1H3,(H,21,22). The van der Waals surface area contributed by atoms with Crippen LogP contribution in [0.3, 0.4) is 0 Å². The second-order valence-electron chi connectivity index (χ2n) is 6.00. The molecule has 6 heteroatoms. The normalized spacial score (nSPS) is 12.4. The van der Waals surface area contributed by atoms with E-state index in [1.165, 1.54) is 10.8 Å². The average Bonchev–Trinajstić information content (AvgIpc) is 2.99. The summed E-state index contributed by atoms with van der Waals surface area (Å²) in [5.41, 5.74) is 3.77. The quantitative estimate of drug-likeness (QED) is 0.333. The summed E-state index contributed by atoms with van der Waals surface area (Å²) in [7, 11) is 0. The summed E-state index contributed by atoms with van der Waals surface area (Å²) in [5, 5.41) is 10.9. The maximum Gasteiger partial charge on any atom is 0.245 e. The van der Waals surface area contributed by atoms with Crippen LogP contribution < -0.4 is 10.2 Å². The summed E-state index contributed by atoms with van der Waals surface area (Å²) in [6, 6.07) is 14.2. The van der Waals surface area contributed by atoms with Gasteiger partial charge in [-0.3, -0.25) is 10.0 Å². The Morgan fingerprint density at radius 1 is 1.16 bits per heavy atom. The molecule has 3 aromatic rings. The lowest BCUT2D eigenvalue weighted by atomic mass is 10.1. The van der Waals surface area contributed by atoms with Gasteiger partial charge in [-0.2, -0.15) is 0 Å². The van der Waals surface area contributed by atoms with Gasteiger partial charge in [-0.1, -0.05) is 18.2 Å². The van der Waals surface area contributed by atoms with Gasteiger partial charge in [0.25, 0.3) is 0 Å². The van der Waals surface area contributed by atoms with E-state index in [9.17, 15) is 4.79 Å². The smallest absolute Gasteiger partial charge is 0.245 e. The van der Waals surface area contributed by atoms with Gasteiger partial charge in [-0.15, -0.1) is 0 Å².